The summed E-state index contributed by atoms with van der Waals surface area (Å²) in [7, 11) is 1.61. The maximum absolute atomic E-state index is 13.5. The minimum absolute atomic E-state index is 0.450. The smallest absolute Gasteiger partial charge is 0.432 e. The molecule has 0 spiro atoms. The normalized spacial score (nSPS) is 16.9. The van der Waals surface area contributed by atoms with Gasteiger partial charge in [0.1, 0.15) is 22.7 Å². The van der Waals surface area contributed by atoms with Crippen LogP contribution < -0.4 is 14.9 Å². The number of nitrogens with one attached hydrogen (secondary N) is 1. The molecule has 37 heavy (non-hydrogen) atoms. The van der Waals surface area contributed by atoms with E-state index in [0.717, 1.165) is 26.9 Å². The van der Waals surface area contributed by atoms with Crippen molar-refractivity contribution in [1.29, 1.82) is 0 Å². The van der Waals surface area contributed by atoms with E-state index in [0.29, 0.717) is 11.5 Å². The molecule has 8 nitrogen and oxygen atoms in total. The topological polar surface area (TPSA) is 86.3 Å². The molecule has 1 aliphatic rings. The first kappa shape index (κ1) is 26.1. The van der Waals surface area contributed by atoms with Gasteiger partial charge < -0.3 is 18.9 Å². The Balaban J connectivity index is 1.83. The number of methoxy groups -OCH3 is 1. The standard InChI is InChI=1S/C29H34N2O6/c1-28(2,3)36-26(32)30-31(27(33)37-29(4,5)6)25-23(19-12-15-20(34-7)16-13-19)24-21-11-9-8-10-18(21)14-17-22(24)35-25/h8-17,23,25H,1-7H3,(H,30,32)/t23-,25-/m0/s1. The van der Waals surface area contributed by atoms with Crippen LogP contribution in [-0.4, -0.2) is 41.7 Å². The maximum atomic E-state index is 13.5. The van der Waals surface area contributed by atoms with Crippen molar-refractivity contribution in [2.75, 3.05) is 7.11 Å². The molecule has 0 radical (unpaired) electrons. The molecule has 0 aliphatic carbocycles. The van der Waals surface area contributed by atoms with Crippen molar-refractivity contribution < 1.29 is 28.5 Å². The number of hydrogen-bond acceptors (Lipinski definition) is 6. The van der Waals surface area contributed by atoms with Crippen LogP contribution >= 0.6 is 0 Å². The minimum atomic E-state index is -0.948. The van der Waals surface area contributed by atoms with Gasteiger partial charge in [-0.15, -0.1) is 0 Å². The molecule has 0 aromatic heterocycles. The van der Waals surface area contributed by atoms with Crippen molar-refractivity contribution in [3.05, 3.63) is 71.8 Å². The van der Waals surface area contributed by atoms with E-state index in [-0.39, 0.29) is 0 Å². The van der Waals surface area contributed by atoms with Crippen molar-refractivity contribution in [2.45, 2.75) is 64.9 Å². The van der Waals surface area contributed by atoms with Gasteiger partial charge in [-0.25, -0.2) is 15.0 Å². The first-order chi connectivity index (χ1) is 17.4. The van der Waals surface area contributed by atoms with Crippen molar-refractivity contribution in [2.24, 2.45) is 0 Å². The van der Waals surface area contributed by atoms with Crippen LogP contribution in [0.2, 0.25) is 0 Å². The van der Waals surface area contributed by atoms with Gasteiger partial charge in [-0.2, -0.15) is 5.01 Å². The molecule has 1 aliphatic heterocycles. The van der Waals surface area contributed by atoms with E-state index in [4.69, 9.17) is 18.9 Å². The van der Waals surface area contributed by atoms with E-state index in [1.807, 2.05) is 60.7 Å². The summed E-state index contributed by atoms with van der Waals surface area (Å²) in [5, 5.41) is 3.11. The van der Waals surface area contributed by atoms with Gasteiger partial charge in [0, 0.05) is 5.56 Å². The third-order valence-corrected chi connectivity index (χ3v) is 5.70. The van der Waals surface area contributed by atoms with E-state index in [1.54, 1.807) is 48.7 Å². The van der Waals surface area contributed by atoms with E-state index < -0.39 is 35.5 Å². The fourth-order valence-electron chi connectivity index (χ4n) is 4.31. The third-order valence-electron chi connectivity index (χ3n) is 5.70. The Bertz CT molecular complexity index is 1290. The molecule has 2 atom stereocenters. The molecule has 0 saturated heterocycles. The van der Waals surface area contributed by atoms with Crippen LogP contribution in [0.15, 0.2) is 60.7 Å². The fourth-order valence-corrected chi connectivity index (χ4v) is 4.31. The molecular formula is C29H34N2O6. The fraction of sp³-hybridized carbons (Fsp3) is 0.379. The van der Waals surface area contributed by atoms with Crippen LogP contribution in [0.4, 0.5) is 9.59 Å². The molecule has 3 aromatic rings. The van der Waals surface area contributed by atoms with Crippen LogP contribution in [0.1, 0.15) is 58.6 Å². The number of ether oxygens (including phenoxy) is 4. The number of hydrazine groups is 1. The molecule has 196 valence electrons. The Morgan fingerprint density at radius 1 is 0.865 bits per heavy atom. The van der Waals surface area contributed by atoms with Gasteiger partial charge in [0.05, 0.1) is 13.0 Å². The van der Waals surface area contributed by atoms with Gasteiger partial charge in [-0.3, -0.25) is 0 Å². The van der Waals surface area contributed by atoms with Crippen LogP contribution in [0.5, 0.6) is 11.5 Å². The maximum Gasteiger partial charge on any atom is 0.432 e. The predicted molar refractivity (Wildman–Crippen MR) is 141 cm³/mol. The van der Waals surface area contributed by atoms with E-state index in [1.165, 1.54) is 0 Å². The number of carbonyl (C=O) groups excluding carboxylic acids is 2. The zero-order chi connectivity index (χ0) is 27.0. The van der Waals surface area contributed by atoms with Crippen molar-refractivity contribution in [1.82, 2.24) is 10.4 Å². The second-order valence-corrected chi connectivity index (χ2v) is 10.9. The molecule has 0 unspecified atom stereocenters. The largest absolute Gasteiger partial charge is 0.497 e. The molecule has 8 heteroatoms. The summed E-state index contributed by atoms with van der Waals surface area (Å²) < 4.78 is 22.9. The molecular weight excluding hydrogens is 472 g/mol. The predicted octanol–water partition coefficient (Wildman–Crippen LogP) is 6.38. The SMILES string of the molecule is COc1ccc([C@H]2c3c(ccc4ccccc34)O[C@@H]2N(NC(=O)OC(C)(C)C)C(=O)OC(C)(C)C)cc1. The summed E-state index contributed by atoms with van der Waals surface area (Å²) in [5.74, 6) is 0.867. The van der Waals surface area contributed by atoms with Gasteiger partial charge >= 0.3 is 12.2 Å². The number of benzene rings is 3. The number of nitrogens with zero attached hydrogens (tertiary/aromatic N) is 1. The molecule has 0 saturated carbocycles. The van der Waals surface area contributed by atoms with Crippen molar-refractivity contribution >= 4 is 23.0 Å². The average Bonchev–Trinajstić information content (AvgIpc) is 3.20. The van der Waals surface area contributed by atoms with Gasteiger partial charge in [-0.05, 0) is 76.1 Å². The summed E-state index contributed by atoms with van der Waals surface area (Å²) in [6.45, 7) is 10.5. The monoisotopic (exact) mass is 506 g/mol. The second-order valence-electron chi connectivity index (χ2n) is 10.9. The number of rotatable bonds is 3. The first-order valence-corrected chi connectivity index (χ1v) is 12.2. The summed E-state index contributed by atoms with van der Waals surface area (Å²) >= 11 is 0. The Morgan fingerprint density at radius 2 is 1.51 bits per heavy atom. The van der Waals surface area contributed by atoms with Gasteiger partial charge in [0.2, 0.25) is 6.23 Å². The highest BCUT2D eigenvalue weighted by Crippen LogP contribution is 2.47. The quantitative estimate of drug-likeness (QED) is 0.415. The van der Waals surface area contributed by atoms with Gasteiger partial charge in [-0.1, -0.05) is 42.5 Å². The van der Waals surface area contributed by atoms with Crippen molar-refractivity contribution in [3.63, 3.8) is 0 Å². The summed E-state index contributed by atoms with van der Waals surface area (Å²) in [6, 6.07) is 19.4. The highest BCUT2D eigenvalue weighted by atomic mass is 16.6. The first-order valence-electron chi connectivity index (χ1n) is 12.2. The highest BCUT2D eigenvalue weighted by molar-refractivity contribution is 5.89. The Hall–Kier alpha value is -3.94. The lowest BCUT2D eigenvalue weighted by atomic mass is 9.87. The van der Waals surface area contributed by atoms with E-state index >= 15 is 0 Å². The molecule has 3 aromatic carbocycles. The molecule has 2 amide bonds. The van der Waals surface area contributed by atoms with E-state index in [2.05, 4.69) is 5.43 Å². The lowest BCUT2D eigenvalue weighted by molar-refractivity contribution is -0.0450. The van der Waals surface area contributed by atoms with Crippen LogP contribution in [-0.2, 0) is 9.47 Å². The van der Waals surface area contributed by atoms with Gasteiger partial charge in [0.25, 0.3) is 0 Å². The number of carbonyl (C=O) groups is 2. The molecule has 4 rings (SSSR count). The zero-order valence-electron chi connectivity index (χ0n) is 22.3. The molecule has 0 fully saturated rings. The lowest BCUT2D eigenvalue weighted by Crippen LogP contribution is -2.56. The molecule has 1 heterocycles. The molecule has 0 bridgehead atoms. The van der Waals surface area contributed by atoms with Crippen LogP contribution in [0.25, 0.3) is 10.8 Å². The third kappa shape index (κ3) is 5.90. The Labute approximate surface area is 217 Å². The zero-order valence-corrected chi connectivity index (χ0v) is 22.3. The minimum Gasteiger partial charge on any atom is -0.497 e. The van der Waals surface area contributed by atoms with Crippen LogP contribution in [0.3, 0.4) is 0 Å². The Kier molecular flexibility index (Phi) is 6.95. The lowest BCUT2D eigenvalue weighted by Gasteiger charge is -2.34. The summed E-state index contributed by atoms with van der Waals surface area (Å²) in [5.41, 5.74) is 2.80. The number of hydrogen-bond donors (Lipinski definition) is 1. The van der Waals surface area contributed by atoms with Crippen LogP contribution in [0, 0.1) is 0 Å². The molecule has 1 N–H and O–H groups in total. The number of fused-ring (bicyclic) bond motifs is 3. The highest BCUT2D eigenvalue weighted by Gasteiger charge is 2.45. The average molecular weight is 507 g/mol. The Morgan fingerprint density at radius 3 is 2.14 bits per heavy atom. The van der Waals surface area contributed by atoms with Crippen molar-refractivity contribution in [3.8, 4) is 11.5 Å². The second kappa shape index (κ2) is 9.84. The summed E-state index contributed by atoms with van der Waals surface area (Å²) in [6.07, 6.45) is -2.51. The van der Waals surface area contributed by atoms with E-state index in [9.17, 15) is 9.59 Å². The van der Waals surface area contributed by atoms with Gasteiger partial charge in [0.15, 0.2) is 0 Å². The number of amides is 2. The summed E-state index contributed by atoms with van der Waals surface area (Å²) in [4.78, 5) is 26.3.